The van der Waals surface area contributed by atoms with Crippen LogP contribution >= 0.6 is 0 Å². The van der Waals surface area contributed by atoms with Crippen molar-refractivity contribution in [1.29, 1.82) is 0 Å². The van der Waals surface area contributed by atoms with Gasteiger partial charge in [-0.1, -0.05) is 61.5 Å². The van der Waals surface area contributed by atoms with Crippen molar-refractivity contribution in [3.63, 3.8) is 0 Å². The molecule has 1 heterocycles. The Balaban J connectivity index is 3.24. The van der Waals surface area contributed by atoms with Crippen LogP contribution in [0.5, 0.6) is 0 Å². The van der Waals surface area contributed by atoms with Crippen molar-refractivity contribution in [3.05, 3.63) is 23.8 Å². The van der Waals surface area contributed by atoms with Gasteiger partial charge in [-0.15, -0.1) is 0 Å². The molecule has 24 heavy (non-hydrogen) atoms. The number of allylic oxidation sites excluding steroid dienone is 1. The third kappa shape index (κ3) is 5.66. The summed E-state index contributed by atoms with van der Waals surface area (Å²) in [4.78, 5) is 33.0. The fourth-order valence-electron chi connectivity index (χ4n) is 2.05. The van der Waals surface area contributed by atoms with Gasteiger partial charge in [0.2, 0.25) is 0 Å². The number of ketones is 1. The van der Waals surface area contributed by atoms with Gasteiger partial charge in [0.05, 0.1) is 5.92 Å². The smallest absolute Gasteiger partial charge is 0.255 e. The molecule has 0 N–H and O–H groups in total. The van der Waals surface area contributed by atoms with Crippen LogP contribution in [0.15, 0.2) is 33.8 Å². The summed E-state index contributed by atoms with van der Waals surface area (Å²) in [5, 5.41) is 0. The van der Waals surface area contributed by atoms with Gasteiger partial charge in [-0.05, 0) is 23.5 Å². The summed E-state index contributed by atoms with van der Waals surface area (Å²) in [6.07, 6.45) is 6.93. The Hall–Kier alpha value is -1.84. The van der Waals surface area contributed by atoms with E-state index in [1.807, 2.05) is 61.5 Å². The first-order chi connectivity index (χ1) is 10.8. The van der Waals surface area contributed by atoms with E-state index in [2.05, 4.69) is 9.98 Å². The Morgan fingerprint density at radius 1 is 1.21 bits per heavy atom. The highest BCUT2D eigenvalue weighted by molar-refractivity contribution is 6.13. The Morgan fingerprint density at radius 2 is 1.79 bits per heavy atom. The number of rotatable bonds is 3. The predicted octanol–water partition coefficient (Wildman–Crippen LogP) is 4.41. The molecule has 0 aliphatic carbocycles. The van der Waals surface area contributed by atoms with Gasteiger partial charge in [-0.2, -0.15) is 4.99 Å². The lowest BCUT2D eigenvalue weighted by Gasteiger charge is -2.28. The molecule has 0 saturated carbocycles. The zero-order chi connectivity index (χ0) is 18.7. The Bertz CT molecular complexity index is 621. The first-order valence-electron chi connectivity index (χ1n) is 8.44. The van der Waals surface area contributed by atoms with E-state index in [1.54, 1.807) is 18.4 Å². The van der Waals surface area contributed by atoms with Crippen molar-refractivity contribution in [2.45, 2.75) is 55.4 Å². The molecular formula is C20H30N2O2. The molecule has 0 aromatic heterocycles. The molecule has 0 saturated heterocycles. The van der Waals surface area contributed by atoms with Crippen LogP contribution in [-0.4, -0.2) is 23.7 Å². The largest absolute Gasteiger partial charge is 0.294 e. The molecule has 0 aromatic rings. The average molecular weight is 330 g/mol. The van der Waals surface area contributed by atoms with Gasteiger partial charge < -0.3 is 0 Å². The van der Waals surface area contributed by atoms with Crippen molar-refractivity contribution in [1.82, 2.24) is 0 Å². The van der Waals surface area contributed by atoms with Crippen molar-refractivity contribution in [2.24, 2.45) is 32.7 Å². The number of hydrogen-bond donors (Lipinski definition) is 0. The highest BCUT2D eigenvalue weighted by Gasteiger charge is 2.33. The van der Waals surface area contributed by atoms with E-state index in [4.69, 9.17) is 0 Å². The predicted molar refractivity (Wildman–Crippen MR) is 100 cm³/mol. The highest BCUT2D eigenvalue weighted by atomic mass is 16.1. The summed E-state index contributed by atoms with van der Waals surface area (Å²) < 4.78 is 0. The van der Waals surface area contributed by atoms with Crippen LogP contribution in [0.1, 0.15) is 55.4 Å². The molecule has 0 radical (unpaired) electrons. The molecule has 1 aliphatic rings. The van der Waals surface area contributed by atoms with Crippen molar-refractivity contribution >= 4 is 23.7 Å². The van der Waals surface area contributed by atoms with Gasteiger partial charge in [0, 0.05) is 17.2 Å². The number of aliphatic imine (C=N–C) groups is 2. The van der Waals surface area contributed by atoms with Crippen molar-refractivity contribution < 1.29 is 9.59 Å². The van der Waals surface area contributed by atoms with Gasteiger partial charge in [0.1, 0.15) is 0 Å². The number of carbonyl (C=O) groups excluding carboxylic acids is 2. The van der Waals surface area contributed by atoms with Crippen LogP contribution in [0.3, 0.4) is 0 Å². The quantitative estimate of drug-likeness (QED) is 0.568. The molecule has 132 valence electrons. The maximum Gasteiger partial charge on any atom is 0.255 e. The number of dihydropyridines is 1. The molecule has 4 nitrogen and oxygen atoms in total. The number of carbonyl (C=O) groups is 2. The summed E-state index contributed by atoms with van der Waals surface area (Å²) in [6.45, 7) is 15.7. The Morgan fingerprint density at radius 3 is 2.25 bits per heavy atom. The van der Waals surface area contributed by atoms with E-state index in [1.165, 1.54) is 0 Å². The molecule has 1 aliphatic heterocycles. The third-order valence-corrected chi connectivity index (χ3v) is 3.67. The molecule has 0 spiro atoms. The topological polar surface area (TPSA) is 58.9 Å². The van der Waals surface area contributed by atoms with Gasteiger partial charge in [0.15, 0.2) is 11.6 Å². The Kier molecular flexibility index (Phi) is 6.20. The molecular weight excluding hydrogens is 300 g/mol. The zero-order valence-electron chi connectivity index (χ0n) is 16.2. The molecule has 1 rings (SSSR count). The van der Waals surface area contributed by atoms with E-state index in [9.17, 15) is 9.59 Å². The second-order valence-corrected chi connectivity index (χ2v) is 8.71. The molecule has 1 amide bonds. The van der Waals surface area contributed by atoms with Gasteiger partial charge in [0.25, 0.3) is 5.91 Å². The normalized spacial score (nSPS) is 20.0. The fourth-order valence-corrected chi connectivity index (χ4v) is 2.05. The molecule has 0 fully saturated rings. The first kappa shape index (κ1) is 20.2. The van der Waals surface area contributed by atoms with Crippen LogP contribution in [0, 0.1) is 22.7 Å². The lowest BCUT2D eigenvalue weighted by atomic mass is 9.78. The minimum absolute atomic E-state index is 0.0276. The SMILES string of the molecule is CC(C)C=NC1=NC(=O)C(C(C)(C)C)C=C1/C=C/C(=O)C(C)(C)C. The maximum atomic E-state index is 12.3. The molecule has 1 unspecified atom stereocenters. The van der Waals surface area contributed by atoms with Crippen LogP contribution in [-0.2, 0) is 9.59 Å². The molecule has 1 atom stereocenters. The minimum atomic E-state index is -0.441. The van der Waals surface area contributed by atoms with Gasteiger partial charge >= 0.3 is 0 Å². The number of hydrogen-bond acceptors (Lipinski definition) is 3. The summed E-state index contributed by atoms with van der Waals surface area (Å²) in [7, 11) is 0. The van der Waals surface area contributed by atoms with Crippen LogP contribution < -0.4 is 0 Å². The van der Waals surface area contributed by atoms with Crippen LogP contribution in [0.2, 0.25) is 0 Å². The summed E-state index contributed by atoms with van der Waals surface area (Å²) in [5.74, 6) is 0.161. The van der Waals surface area contributed by atoms with Gasteiger partial charge in [-0.25, -0.2) is 4.99 Å². The fraction of sp³-hybridized carbons (Fsp3) is 0.600. The standard InChI is InChI=1S/C20H30N2O2/c1-13(2)12-21-17-14(9-10-16(23)20(6,7)8)11-15(18(24)22-17)19(3,4)5/h9-13,15H,1-8H3/b10-9+,21-12?. The molecule has 0 bridgehead atoms. The lowest BCUT2D eigenvalue weighted by Crippen LogP contribution is -2.30. The Labute approximate surface area is 145 Å². The van der Waals surface area contributed by atoms with E-state index in [-0.39, 0.29) is 28.9 Å². The van der Waals surface area contributed by atoms with Crippen LogP contribution in [0.4, 0.5) is 0 Å². The number of amides is 1. The van der Waals surface area contributed by atoms with Crippen LogP contribution in [0.25, 0.3) is 0 Å². The van der Waals surface area contributed by atoms with Gasteiger partial charge in [-0.3, -0.25) is 9.59 Å². The third-order valence-electron chi connectivity index (χ3n) is 3.67. The molecule has 0 aromatic carbocycles. The van der Waals surface area contributed by atoms with E-state index < -0.39 is 5.41 Å². The highest BCUT2D eigenvalue weighted by Crippen LogP contribution is 2.32. The van der Waals surface area contributed by atoms with E-state index >= 15 is 0 Å². The van der Waals surface area contributed by atoms with E-state index in [0.717, 1.165) is 5.57 Å². The van der Waals surface area contributed by atoms with E-state index in [0.29, 0.717) is 5.84 Å². The summed E-state index contributed by atoms with van der Waals surface area (Å²) in [6, 6.07) is 0. The monoisotopic (exact) mass is 330 g/mol. The molecule has 4 heteroatoms. The summed E-state index contributed by atoms with van der Waals surface area (Å²) in [5.41, 5.74) is 0.0498. The minimum Gasteiger partial charge on any atom is -0.294 e. The average Bonchev–Trinajstić information content (AvgIpc) is 2.40. The number of amidine groups is 1. The second-order valence-electron chi connectivity index (χ2n) is 8.71. The number of nitrogens with zero attached hydrogens (tertiary/aromatic N) is 2. The first-order valence-corrected chi connectivity index (χ1v) is 8.44. The second kappa shape index (κ2) is 7.37. The zero-order valence-corrected chi connectivity index (χ0v) is 16.2. The maximum absolute atomic E-state index is 12.3. The lowest BCUT2D eigenvalue weighted by molar-refractivity contribution is -0.123. The summed E-state index contributed by atoms with van der Waals surface area (Å²) >= 11 is 0. The van der Waals surface area contributed by atoms with Crippen molar-refractivity contribution in [3.8, 4) is 0 Å². The van der Waals surface area contributed by atoms with Crippen molar-refractivity contribution in [2.75, 3.05) is 0 Å².